The van der Waals surface area contributed by atoms with Gasteiger partial charge in [-0.2, -0.15) is 0 Å². The van der Waals surface area contributed by atoms with Crippen LogP contribution in [0, 0.1) is 5.92 Å². The topological polar surface area (TPSA) is 53.7 Å². The van der Waals surface area contributed by atoms with Crippen molar-refractivity contribution in [2.75, 3.05) is 13.1 Å². The third-order valence-corrected chi connectivity index (χ3v) is 4.56. The van der Waals surface area contributed by atoms with Crippen molar-refractivity contribution in [3.8, 4) is 11.3 Å². The molecule has 1 aromatic carbocycles. The van der Waals surface area contributed by atoms with Crippen LogP contribution < -0.4 is 0 Å². The average Bonchev–Trinajstić information content (AvgIpc) is 3.23. The second kappa shape index (κ2) is 7.01. The molecule has 0 spiro atoms. The van der Waals surface area contributed by atoms with Crippen molar-refractivity contribution in [3.05, 3.63) is 48.2 Å². The van der Waals surface area contributed by atoms with E-state index in [-0.39, 0.29) is 17.9 Å². The van der Waals surface area contributed by atoms with Gasteiger partial charge in [-0.3, -0.25) is 4.79 Å². The van der Waals surface area contributed by atoms with E-state index in [1.165, 1.54) is 0 Å². The predicted octanol–water partition coefficient (Wildman–Crippen LogP) is 3.11. The molecule has 0 bridgehead atoms. The SMILES string of the molecule is CC(O)C1CCN(C(=O)CCc2ccc(-c3ccccc3)o2)C1. The Kier molecular flexibility index (Phi) is 4.82. The molecule has 1 fully saturated rings. The van der Waals surface area contributed by atoms with E-state index in [1.807, 2.05) is 47.4 Å². The van der Waals surface area contributed by atoms with Crippen molar-refractivity contribution in [3.63, 3.8) is 0 Å². The average molecular weight is 313 g/mol. The number of aliphatic hydroxyl groups excluding tert-OH is 1. The Morgan fingerprint density at radius 1 is 1.30 bits per heavy atom. The van der Waals surface area contributed by atoms with Crippen LogP contribution in [0.1, 0.15) is 25.5 Å². The number of likely N-dealkylation sites (tertiary alicyclic amines) is 1. The number of carbonyl (C=O) groups excluding carboxylic acids is 1. The Morgan fingerprint density at radius 3 is 2.78 bits per heavy atom. The minimum absolute atomic E-state index is 0.144. The molecule has 1 aliphatic rings. The zero-order valence-electron chi connectivity index (χ0n) is 13.4. The largest absolute Gasteiger partial charge is 0.461 e. The van der Waals surface area contributed by atoms with Crippen molar-refractivity contribution in [2.45, 2.75) is 32.3 Å². The quantitative estimate of drug-likeness (QED) is 0.923. The molecule has 1 amide bonds. The van der Waals surface area contributed by atoms with Gasteiger partial charge in [0.25, 0.3) is 0 Å². The number of carbonyl (C=O) groups is 1. The first-order valence-corrected chi connectivity index (χ1v) is 8.23. The van der Waals surface area contributed by atoms with Crippen molar-refractivity contribution in [1.82, 2.24) is 4.90 Å². The highest BCUT2D eigenvalue weighted by atomic mass is 16.3. The van der Waals surface area contributed by atoms with E-state index in [9.17, 15) is 9.90 Å². The maximum absolute atomic E-state index is 12.3. The lowest BCUT2D eigenvalue weighted by molar-refractivity contribution is -0.130. The number of nitrogens with zero attached hydrogens (tertiary/aromatic N) is 1. The number of aliphatic hydroxyl groups is 1. The molecular weight excluding hydrogens is 290 g/mol. The molecule has 3 rings (SSSR count). The van der Waals surface area contributed by atoms with E-state index in [0.29, 0.717) is 19.4 Å². The van der Waals surface area contributed by atoms with Gasteiger partial charge >= 0.3 is 0 Å². The highest BCUT2D eigenvalue weighted by Gasteiger charge is 2.28. The molecule has 4 nitrogen and oxygen atoms in total. The molecule has 0 radical (unpaired) electrons. The summed E-state index contributed by atoms with van der Waals surface area (Å²) in [6.45, 7) is 3.22. The number of benzene rings is 1. The molecule has 4 heteroatoms. The minimum Gasteiger partial charge on any atom is -0.461 e. The number of rotatable bonds is 5. The summed E-state index contributed by atoms with van der Waals surface area (Å²) in [7, 11) is 0. The summed E-state index contributed by atoms with van der Waals surface area (Å²) in [5.74, 6) is 2.03. The fraction of sp³-hybridized carbons (Fsp3) is 0.421. The maximum Gasteiger partial charge on any atom is 0.223 e. The molecule has 2 unspecified atom stereocenters. The van der Waals surface area contributed by atoms with Gasteiger partial charge in [0.1, 0.15) is 11.5 Å². The predicted molar refractivity (Wildman–Crippen MR) is 88.8 cm³/mol. The van der Waals surface area contributed by atoms with E-state index in [1.54, 1.807) is 6.92 Å². The lowest BCUT2D eigenvalue weighted by atomic mass is 10.0. The Bertz CT molecular complexity index is 648. The van der Waals surface area contributed by atoms with Crippen LogP contribution in [0.3, 0.4) is 0 Å². The van der Waals surface area contributed by atoms with Crippen molar-refractivity contribution in [1.29, 1.82) is 0 Å². The van der Waals surface area contributed by atoms with Crippen LogP contribution in [-0.4, -0.2) is 35.1 Å². The number of hydrogen-bond acceptors (Lipinski definition) is 3. The molecule has 2 aromatic rings. The van der Waals surface area contributed by atoms with Gasteiger partial charge in [0.2, 0.25) is 5.91 Å². The van der Waals surface area contributed by atoms with Crippen LogP contribution in [0.4, 0.5) is 0 Å². The van der Waals surface area contributed by atoms with Gasteiger partial charge in [0.15, 0.2) is 0 Å². The lowest BCUT2D eigenvalue weighted by Gasteiger charge is -2.17. The number of aryl methyl sites for hydroxylation is 1. The van der Waals surface area contributed by atoms with E-state index >= 15 is 0 Å². The van der Waals surface area contributed by atoms with E-state index in [0.717, 1.165) is 30.0 Å². The Hall–Kier alpha value is -2.07. The first-order valence-electron chi connectivity index (χ1n) is 8.23. The molecule has 1 N–H and O–H groups in total. The van der Waals surface area contributed by atoms with Crippen LogP contribution in [0.2, 0.25) is 0 Å². The number of amides is 1. The molecule has 2 heterocycles. The van der Waals surface area contributed by atoms with E-state index in [2.05, 4.69) is 0 Å². The third kappa shape index (κ3) is 3.82. The maximum atomic E-state index is 12.3. The van der Waals surface area contributed by atoms with Crippen molar-refractivity contribution < 1.29 is 14.3 Å². The summed E-state index contributed by atoms with van der Waals surface area (Å²) in [6, 6.07) is 13.8. The Balaban J connectivity index is 1.53. The second-order valence-corrected chi connectivity index (χ2v) is 6.26. The summed E-state index contributed by atoms with van der Waals surface area (Å²) >= 11 is 0. The summed E-state index contributed by atoms with van der Waals surface area (Å²) in [5, 5.41) is 9.62. The Morgan fingerprint density at radius 2 is 2.09 bits per heavy atom. The van der Waals surface area contributed by atoms with E-state index < -0.39 is 0 Å². The van der Waals surface area contributed by atoms with Crippen LogP contribution in [0.25, 0.3) is 11.3 Å². The van der Waals surface area contributed by atoms with Gasteiger partial charge in [0.05, 0.1) is 6.10 Å². The van der Waals surface area contributed by atoms with Crippen LogP contribution in [-0.2, 0) is 11.2 Å². The van der Waals surface area contributed by atoms with Crippen LogP contribution in [0.5, 0.6) is 0 Å². The van der Waals surface area contributed by atoms with Crippen molar-refractivity contribution in [2.24, 2.45) is 5.92 Å². The van der Waals surface area contributed by atoms with E-state index in [4.69, 9.17) is 4.42 Å². The molecule has 1 aromatic heterocycles. The molecule has 23 heavy (non-hydrogen) atoms. The summed E-state index contributed by atoms with van der Waals surface area (Å²) in [6.07, 6.45) is 1.62. The number of hydrogen-bond donors (Lipinski definition) is 1. The lowest BCUT2D eigenvalue weighted by Crippen LogP contribution is -2.30. The molecule has 122 valence electrons. The first-order chi connectivity index (χ1) is 11.1. The van der Waals surface area contributed by atoms with Crippen LogP contribution in [0.15, 0.2) is 46.9 Å². The molecule has 1 saturated heterocycles. The molecule has 0 saturated carbocycles. The Labute approximate surface area is 136 Å². The van der Waals surface area contributed by atoms with Gasteiger partial charge in [0, 0.05) is 37.4 Å². The summed E-state index contributed by atoms with van der Waals surface area (Å²) in [5.41, 5.74) is 1.05. The molecular formula is C19H23NO3. The third-order valence-electron chi connectivity index (χ3n) is 4.56. The van der Waals surface area contributed by atoms with Gasteiger partial charge < -0.3 is 14.4 Å². The standard InChI is InChI=1S/C19H23NO3/c1-14(21)16-11-12-20(13-16)19(22)10-8-17-7-9-18(23-17)15-5-3-2-4-6-15/h2-7,9,14,16,21H,8,10-13H2,1H3. The zero-order valence-corrected chi connectivity index (χ0v) is 13.4. The first kappa shape index (κ1) is 15.8. The minimum atomic E-state index is -0.341. The fourth-order valence-corrected chi connectivity index (χ4v) is 3.07. The zero-order chi connectivity index (χ0) is 16.2. The monoisotopic (exact) mass is 313 g/mol. The highest BCUT2D eigenvalue weighted by molar-refractivity contribution is 5.76. The molecule has 2 atom stereocenters. The van der Waals surface area contributed by atoms with Gasteiger partial charge in [-0.05, 0) is 25.5 Å². The number of furan rings is 1. The van der Waals surface area contributed by atoms with Gasteiger partial charge in [-0.25, -0.2) is 0 Å². The molecule has 1 aliphatic heterocycles. The van der Waals surface area contributed by atoms with Crippen LogP contribution >= 0.6 is 0 Å². The van der Waals surface area contributed by atoms with Gasteiger partial charge in [-0.15, -0.1) is 0 Å². The smallest absolute Gasteiger partial charge is 0.223 e. The second-order valence-electron chi connectivity index (χ2n) is 6.26. The normalized spacial score (nSPS) is 19.0. The fourth-order valence-electron chi connectivity index (χ4n) is 3.07. The van der Waals surface area contributed by atoms with Gasteiger partial charge in [-0.1, -0.05) is 30.3 Å². The van der Waals surface area contributed by atoms with Crippen molar-refractivity contribution >= 4 is 5.91 Å². The summed E-state index contributed by atoms with van der Waals surface area (Å²) in [4.78, 5) is 14.1. The summed E-state index contributed by atoms with van der Waals surface area (Å²) < 4.78 is 5.83. The highest BCUT2D eigenvalue weighted by Crippen LogP contribution is 2.24. The molecule has 0 aliphatic carbocycles.